The normalized spacial score (nSPS) is 11.9. The molecule has 0 saturated carbocycles. The summed E-state index contributed by atoms with van der Waals surface area (Å²) in [7, 11) is 4.70. The van der Waals surface area contributed by atoms with E-state index < -0.39 is 0 Å². The highest BCUT2D eigenvalue weighted by molar-refractivity contribution is 5.47. The molecule has 23 heavy (non-hydrogen) atoms. The molecule has 0 aromatic heterocycles. The molecule has 0 aliphatic rings. The summed E-state index contributed by atoms with van der Waals surface area (Å²) in [5.41, 5.74) is 4.22. The van der Waals surface area contributed by atoms with Gasteiger partial charge in [0.05, 0.1) is 20.6 Å². The van der Waals surface area contributed by atoms with E-state index in [-0.39, 0.29) is 0 Å². The maximum atomic E-state index is 2.35. The number of unbranched alkanes of at least 4 members (excludes halogenated alkanes) is 9. The summed E-state index contributed by atoms with van der Waals surface area (Å²) in [6, 6.07) is 6.97. The fraction of sp³-hybridized carbons (Fsp3) is 0.727. The minimum atomic E-state index is 1.01. The smallest absolute Gasteiger partial charge is 0.132 e. The second kappa shape index (κ2) is 10.9. The van der Waals surface area contributed by atoms with E-state index in [0.717, 1.165) is 4.48 Å². The molecular formula is C22H40N+. The Hall–Kier alpha value is -0.820. The number of aryl methyl sites for hydroxylation is 2. The van der Waals surface area contributed by atoms with E-state index in [1.165, 1.54) is 87.6 Å². The molecule has 0 saturated heterocycles. The van der Waals surface area contributed by atoms with Crippen molar-refractivity contribution in [1.29, 1.82) is 0 Å². The third-order valence-corrected chi connectivity index (χ3v) is 4.98. The number of quaternary nitrogens is 1. The summed E-state index contributed by atoms with van der Waals surface area (Å²) in [5, 5.41) is 0. The molecule has 0 heterocycles. The Bertz CT molecular complexity index is 413. The van der Waals surface area contributed by atoms with Crippen molar-refractivity contribution < 1.29 is 0 Å². The topological polar surface area (TPSA) is 0 Å². The van der Waals surface area contributed by atoms with Crippen LogP contribution in [0.4, 0.5) is 5.69 Å². The van der Waals surface area contributed by atoms with Crippen LogP contribution in [0.3, 0.4) is 0 Å². The summed E-state index contributed by atoms with van der Waals surface area (Å²) < 4.78 is 1.01. The van der Waals surface area contributed by atoms with Gasteiger partial charge in [0, 0.05) is 12.1 Å². The summed E-state index contributed by atoms with van der Waals surface area (Å²) in [6.45, 7) is 7.95. The highest BCUT2D eigenvalue weighted by atomic mass is 15.3. The molecule has 1 aromatic rings. The van der Waals surface area contributed by atoms with Gasteiger partial charge in [0.1, 0.15) is 5.69 Å². The van der Waals surface area contributed by atoms with Crippen molar-refractivity contribution in [2.24, 2.45) is 0 Å². The van der Waals surface area contributed by atoms with Gasteiger partial charge < -0.3 is 0 Å². The van der Waals surface area contributed by atoms with Crippen LogP contribution in [0, 0.1) is 13.8 Å². The van der Waals surface area contributed by atoms with E-state index in [9.17, 15) is 0 Å². The Labute approximate surface area is 145 Å². The van der Waals surface area contributed by atoms with Gasteiger partial charge in [-0.3, -0.25) is 4.48 Å². The Morgan fingerprint density at radius 3 is 1.57 bits per heavy atom. The van der Waals surface area contributed by atoms with Gasteiger partial charge in [-0.25, -0.2) is 0 Å². The zero-order valence-electron chi connectivity index (χ0n) is 16.5. The summed E-state index contributed by atoms with van der Waals surface area (Å²) in [5.74, 6) is 0. The molecule has 1 nitrogen and oxygen atoms in total. The van der Waals surface area contributed by atoms with E-state index in [4.69, 9.17) is 0 Å². The summed E-state index contributed by atoms with van der Waals surface area (Å²) in [4.78, 5) is 0. The van der Waals surface area contributed by atoms with Gasteiger partial charge in [-0.05, 0) is 37.8 Å². The van der Waals surface area contributed by atoms with Crippen molar-refractivity contribution in [2.45, 2.75) is 85.0 Å². The molecule has 0 N–H and O–H groups in total. The fourth-order valence-corrected chi connectivity index (χ4v) is 3.42. The molecular weight excluding hydrogens is 278 g/mol. The van der Waals surface area contributed by atoms with E-state index in [0.29, 0.717) is 0 Å². The molecule has 0 spiro atoms. The largest absolute Gasteiger partial charge is 0.296 e. The van der Waals surface area contributed by atoms with Crippen LogP contribution in [0.1, 0.15) is 82.3 Å². The molecule has 132 valence electrons. The average Bonchev–Trinajstić information content (AvgIpc) is 2.48. The number of benzene rings is 1. The fourth-order valence-electron chi connectivity index (χ4n) is 3.42. The first kappa shape index (κ1) is 20.2. The van der Waals surface area contributed by atoms with Crippen LogP contribution >= 0.6 is 0 Å². The lowest BCUT2D eigenvalue weighted by molar-refractivity contribution is 0.380. The summed E-state index contributed by atoms with van der Waals surface area (Å²) >= 11 is 0. The van der Waals surface area contributed by atoms with Gasteiger partial charge in [-0.15, -0.1) is 0 Å². The lowest BCUT2D eigenvalue weighted by atomic mass is 10.1. The molecule has 0 fully saturated rings. The average molecular weight is 319 g/mol. The number of hydrogen-bond acceptors (Lipinski definition) is 0. The molecule has 0 radical (unpaired) electrons. The van der Waals surface area contributed by atoms with Crippen molar-refractivity contribution in [3.63, 3.8) is 0 Å². The number of nitrogens with zero attached hydrogens (tertiary/aromatic N) is 1. The molecule has 0 aliphatic carbocycles. The molecule has 1 heteroatoms. The van der Waals surface area contributed by atoms with Gasteiger partial charge in [-0.1, -0.05) is 64.4 Å². The maximum Gasteiger partial charge on any atom is 0.132 e. The van der Waals surface area contributed by atoms with Crippen LogP contribution in [0.25, 0.3) is 0 Å². The van der Waals surface area contributed by atoms with Crippen LogP contribution in [-0.4, -0.2) is 20.6 Å². The van der Waals surface area contributed by atoms with E-state index in [2.05, 4.69) is 53.1 Å². The third-order valence-electron chi connectivity index (χ3n) is 4.98. The van der Waals surface area contributed by atoms with Gasteiger partial charge >= 0.3 is 0 Å². The molecule has 0 amide bonds. The second-order valence-electron chi connectivity index (χ2n) is 7.94. The quantitative estimate of drug-likeness (QED) is 0.294. The molecule has 0 atom stereocenters. The van der Waals surface area contributed by atoms with Crippen LogP contribution in [0.2, 0.25) is 0 Å². The second-order valence-corrected chi connectivity index (χ2v) is 7.94. The highest BCUT2D eigenvalue weighted by Crippen LogP contribution is 2.23. The van der Waals surface area contributed by atoms with Crippen LogP contribution in [0.15, 0.2) is 18.2 Å². The first-order chi connectivity index (χ1) is 11.0. The Morgan fingerprint density at radius 2 is 1.09 bits per heavy atom. The Morgan fingerprint density at radius 1 is 0.652 bits per heavy atom. The van der Waals surface area contributed by atoms with Gasteiger partial charge in [0.15, 0.2) is 0 Å². The minimum absolute atomic E-state index is 1.01. The number of rotatable bonds is 12. The standard InChI is InChI=1S/C22H40N/c1-6-7-8-9-10-11-12-13-14-15-16-23(4,5)22-18-20(2)17-21(3)19-22/h17-19H,6-16H2,1-5H3/q+1. The molecule has 1 aromatic carbocycles. The number of hydrogen-bond donors (Lipinski definition) is 0. The molecule has 1 rings (SSSR count). The molecule has 0 bridgehead atoms. The van der Waals surface area contributed by atoms with Crippen LogP contribution in [0.5, 0.6) is 0 Å². The Balaban J connectivity index is 2.17. The zero-order chi connectivity index (χ0) is 17.1. The van der Waals surface area contributed by atoms with Gasteiger partial charge in [-0.2, -0.15) is 0 Å². The monoisotopic (exact) mass is 318 g/mol. The first-order valence-corrected chi connectivity index (χ1v) is 9.87. The zero-order valence-corrected chi connectivity index (χ0v) is 16.5. The molecule has 0 aliphatic heterocycles. The van der Waals surface area contributed by atoms with Crippen molar-refractivity contribution in [2.75, 3.05) is 20.6 Å². The predicted octanol–water partition coefficient (Wildman–Crippen LogP) is 6.79. The van der Waals surface area contributed by atoms with Gasteiger partial charge in [0.25, 0.3) is 0 Å². The van der Waals surface area contributed by atoms with Crippen molar-refractivity contribution in [1.82, 2.24) is 4.48 Å². The SMILES string of the molecule is CCCCCCCCCCCC[N+](C)(C)c1cc(C)cc(C)c1. The van der Waals surface area contributed by atoms with Crippen molar-refractivity contribution in [3.05, 3.63) is 29.3 Å². The lowest BCUT2D eigenvalue weighted by Crippen LogP contribution is -2.41. The third kappa shape index (κ3) is 8.55. The van der Waals surface area contributed by atoms with Crippen molar-refractivity contribution >= 4 is 5.69 Å². The lowest BCUT2D eigenvalue weighted by Gasteiger charge is -2.30. The van der Waals surface area contributed by atoms with Gasteiger partial charge in [0.2, 0.25) is 0 Å². The predicted molar refractivity (Wildman–Crippen MR) is 106 cm³/mol. The Kier molecular flexibility index (Phi) is 9.55. The summed E-state index contributed by atoms with van der Waals surface area (Å²) in [6.07, 6.45) is 14.1. The van der Waals surface area contributed by atoms with Crippen LogP contribution in [-0.2, 0) is 0 Å². The van der Waals surface area contributed by atoms with E-state index >= 15 is 0 Å². The minimum Gasteiger partial charge on any atom is -0.296 e. The van der Waals surface area contributed by atoms with E-state index in [1.807, 2.05) is 0 Å². The van der Waals surface area contributed by atoms with E-state index in [1.54, 1.807) is 0 Å². The van der Waals surface area contributed by atoms with Crippen LogP contribution < -0.4 is 4.48 Å². The molecule has 0 unspecified atom stereocenters. The highest BCUT2D eigenvalue weighted by Gasteiger charge is 2.18. The van der Waals surface area contributed by atoms with Crippen molar-refractivity contribution in [3.8, 4) is 0 Å². The maximum absolute atomic E-state index is 2.35. The first-order valence-electron chi connectivity index (χ1n) is 9.87.